The minimum Gasteiger partial charge on any atom is -0.493 e. The largest absolute Gasteiger partial charge is 0.493 e. The van der Waals surface area contributed by atoms with E-state index in [2.05, 4.69) is 5.10 Å². The molecule has 0 spiro atoms. The highest BCUT2D eigenvalue weighted by molar-refractivity contribution is 7.89. The van der Waals surface area contributed by atoms with Gasteiger partial charge in [0.2, 0.25) is 10.0 Å². The third kappa shape index (κ3) is 3.32. The molecule has 2 aromatic rings. The van der Waals surface area contributed by atoms with E-state index in [0.717, 1.165) is 17.5 Å². The molecule has 0 aliphatic carbocycles. The molecule has 2 heterocycles. The molecule has 3 rings (SSSR count). The maximum absolute atomic E-state index is 13.0. The summed E-state index contributed by atoms with van der Waals surface area (Å²) in [5, 5.41) is 4.21. The molecule has 1 aliphatic rings. The van der Waals surface area contributed by atoms with Crippen LogP contribution in [0.1, 0.15) is 34.6 Å². The van der Waals surface area contributed by atoms with Gasteiger partial charge in [-0.15, -0.1) is 0 Å². The van der Waals surface area contributed by atoms with Crippen molar-refractivity contribution in [3.63, 3.8) is 0 Å². The van der Waals surface area contributed by atoms with Crippen molar-refractivity contribution in [2.45, 2.75) is 31.6 Å². The van der Waals surface area contributed by atoms with E-state index in [1.807, 2.05) is 0 Å². The third-order valence-electron chi connectivity index (χ3n) is 4.71. The summed E-state index contributed by atoms with van der Waals surface area (Å²) in [4.78, 5) is 13.1. The van der Waals surface area contributed by atoms with Gasteiger partial charge < -0.3 is 9.47 Å². The van der Waals surface area contributed by atoms with E-state index >= 15 is 0 Å². The lowest BCUT2D eigenvalue weighted by atomic mass is 10.2. The molecule has 1 aromatic heterocycles. The highest BCUT2D eigenvalue weighted by Gasteiger charge is 2.33. The van der Waals surface area contributed by atoms with Crippen molar-refractivity contribution < 1.29 is 22.7 Å². The summed E-state index contributed by atoms with van der Waals surface area (Å²) >= 11 is 0. The van der Waals surface area contributed by atoms with Crippen LogP contribution in [0.3, 0.4) is 0 Å². The highest BCUT2D eigenvalue weighted by atomic mass is 32.2. The molecular formula is C18H23N3O5S. The average Bonchev–Trinajstić information content (AvgIpc) is 3.29. The quantitative estimate of drug-likeness (QED) is 0.772. The molecule has 0 atom stereocenters. The first-order valence-corrected chi connectivity index (χ1v) is 10.1. The first-order valence-electron chi connectivity index (χ1n) is 8.64. The van der Waals surface area contributed by atoms with Gasteiger partial charge >= 0.3 is 0 Å². The Hall–Kier alpha value is -2.39. The summed E-state index contributed by atoms with van der Waals surface area (Å²) in [7, 11) is -0.673. The van der Waals surface area contributed by atoms with Gasteiger partial charge in [0.1, 0.15) is 4.90 Å². The number of rotatable bonds is 5. The van der Waals surface area contributed by atoms with E-state index in [1.165, 1.54) is 18.5 Å². The Bertz CT molecular complexity index is 975. The lowest BCUT2D eigenvalue weighted by Crippen LogP contribution is -2.29. The Labute approximate surface area is 158 Å². The van der Waals surface area contributed by atoms with Gasteiger partial charge in [-0.1, -0.05) is 0 Å². The highest BCUT2D eigenvalue weighted by Crippen LogP contribution is 2.30. The fourth-order valence-corrected chi connectivity index (χ4v) is 5.22. The summed E-state index contributed by atoms with van der Waals surface area (Å²) in [5.41, 5.74) is 0.941. The molecule has 1 aliphatic heterocycles. The second-order valence-electron chi connectivity index (χ2n) is 6.40. The van der Waals surface area contributed by atoms with Gasteiger partial charge in [-0.25, -0.2) is 8.42 Å². The van der Waals surface area contributed by atoms with Gasteiger partial charge in [-0.3, -0.25) is 4.79 Å². The van der Waals surface area contributed by atoms with Crippen molar-refractivity contribution in [1.82, 2.24) is 14.1 Å². The predicted octanol–water partition coefficient (Wildman–Crippen LogP) is 1.99. The van der Waals surface area contributed by atoms with Crippen LogP contribution in [0.5, 0.6) is 11.5 Å². The molecule has 1 aromatic carbocycles. The number of benzene rings is 1. The van der Waals surface area contributed by atoms with Crippen molar-refractivity contribution in [2.75, 3.05) is 27.3 Å². The van der Waals surface area contributed by atoms with E-state index in [0.29, 0.717) is 41.5 Å². The van der Waals surface area contributed by atoms with Gasteiger partial charge in [0, 0.05) is 18.7 Å². The topological polar surface area (TPSA) is 90.7 Å². The molecule has 0 amide bonds. The Morgan fingerprint density at radius 1 is 1.07 bits per heavy atom. The van der Waals surface area contributed by atoms with Crippen LogP contribution >= 0.6 is 0 Å². The Morgan fingerprint density at radius 2 is 1.70 bits per heavy atom. The molecule has 9 heteroatoms. The first-order chi connectivity index (χ1) is 12.8. The van der Waals surface area contributed by atoms with Crippen molar-refractivity contribution in [3.8, 4) is 11.5 Å². The molecule has 0 N–H and O–H groups in total. The maximum Gasteiger partial charge on any atom is 0.278 e. The number of sulfonamides is 1. The summed E-state index contributed by atoms with van der Waals surface area (Å²) in [6.45, 7) is 4.20. The monoisotopic (exact) mass is 393 g/mol. The van der Waals surface area contributed by atoms with Crippen LogP contribution in [0.15, 0.2) is 23.1 Å². The van der Waals surface area contributed by atoms with Crippen LogP contribution in [-0.4, -0.2) is 55.7 Å². The van der Waals surface area contributed by atoms with E-state index < -0.39 is 15.9 Å². The molecule has 8 nitrogen and oxygen atoms in total. The fourth-order valence-electron chi connectivity index (χ4n) is 3.35. The smallest absolute Gasteiger partial charge is 0.278 e. The van der Waals surface area contributed by atoms with Gasteiger partial charge in [-0.05, 0) is 44.9 Å². The van der Waals surface area contributed by atoms with Crippen molar-refractivity contribution in [1.29, 1.82) is 0 Å². The first kappa shape index (κ1) is 19.4. The van der Waals surface area contributed by atoms with Crippen molar-refractivity contribution >= 4 is 15.9 Å². The molecule has 27 heavy (non-hydrogen) atoms. The van der Waals surface area contributed by atoms with Crippen LogP contribution < -0.4 is 9.47 Å². The van der Waals surface area contributed by atoms with E-state index in [1.54, 1.807) is 32.0 Å². The Morgan fingerprint density at radius 3 is 2.30 bits per heavy atom. The van der Waals surface area contributed by atoms with Crippen LogP contribution in [0.4, 0.5) is 0 Å². The van der Waals surface area contributed by atoms with Crippen LogP contribution in [0.2, 0.25) is 0 Å². The Balaban J connectivity index is 2.03. The molecule has 0 radical (unpaired) electrons. The SMILES string of the molecule is COc1ccc(C(=O)n2nc(C)c(S(=O)(=O)N3CCCC3)c2C)cc1OC. The molecule has 1 fully saturated rings. The second-order valence-corrected chi connectivity index (χ2v) is 8.27. The molecule has 0 bridgehead atoms. The van der Waals surface area contributed by atoms with Crippen LogP contribution in [0.25, 0.3) is 0 Å². The zero-order valence-corrected chi connectivity index (χ0v) is 16.7. The van der Waals surface area contributed by atoms with E-state index in [4.69, 9.17) is 9.47 Å². The minimum atomic E-state index is -3.67. The van der Waals surface area contributed by atoms with Gasteiger partial charge in [0.25, 0.3) is 5.91 Å². The summed E-state index contributed by atoms with van der Waals surface area (Å²) < 4.78 is 38.9. The predicted molar refractivity (Wildman–Crippen MR) is 99.0 cm³/mol. The number of carbonyl (C=O) groups excluding carboxylic acids is 1. The molecular weight excluding hydrogens is 370 g/mol. The minimum absolute atomic E-state index is 0.109. The maximum atomic E-state index is 13.0. The van der Waals surface area contributed by atoms with Crippen LogP contribution in [-0.2, 0) is 10.0 Å². The molecule has 0 unspecified atom stereocenters. The molecule has 1 saturated heterocycles. The number of nitrogens with zero attached hydrogens (tertiary/aromatic N) is 3. The average molecular weight is 393 g/mol. The van der Waals surface area contributed by atoms with Gasteiger partial charge in [0.05, 0.1) is 25.6 Å². The number of aromatic nitrogens is 2. The number of methoxy groups -OCH3 is 2. The zero-order valence-electron chi connectivity index (χ0n) is 15.9. The number of carbonyl (C=O) groups is 1. The Kier molecular flexibility index (Phi) is 5.25. The number of aryl methyl sites for hydroxylation is 1. The van der Waals surface area contributed by atoms with Gasteiger partial charge in [-0.2, -0.15) is 14.1 Å². The van der Waals surface area contributed by atoms with E-state index in [9.17, 15) is 13.2 Å². The third-order valence-corrected chi connectivity index (χ3v) is 6.86. The number of ether oxygens (including phenoxy) is 2. The van der Waals surface area contributed by atoms with Crippen molar-refractivity contribution in [3.05, 3.63) is 35.2 Å². The normalized spacial score (nSPS) is 15.1. The van der Waals surface area contributed by atoms with E-state index in [-0.39, 0.29) is 4.90 Å². The molecule has 146 valence electrons. The van der Waals surface area contributed by atoms with Gasteiger partial charge in [0.15, 0.2) is 11.5 Å². The molecule has 0 saturated carbocycles. The standard InChI is InChI=1S/C18H23N3O5S/c1-12-17(27(23,24)20-9-5-6-10-20)13(2)21(19-12)18(22)14-7-8-15(25-3)16(11-14)26-4/h7-8,11H,5-6,9-10H2,1-4H3. The number of hydrogen-bond donors (Lipinski definition) is 0. The lowest BCUT2D eigenvalue weighted by molar-refractivity contribution is 0.0941. The zero-order chi connectivity index (χ0) is 19.8. The summed E-state index contributed by atoms with van der Waals surface area (Å²) in [6.07, 6.45) is 1.69. The number of hydrogen-bond acceptors (Lipinski definition) is 6. The summed E-state index contributed by atoms with van der Waals surface area (Å²) in [6, 6.07) is 4.76. The summed E-state index contributed by atoms with van der Waals surface area (Å²) in [5.74, 6) is 0.480. The fraction of sp³-hybridized carbons (Fsp3) is 0.444. The second kappa shape index (κ2) is 7.32. The lowest BCUT2D eigenvalue weighted by Gasteiger charge is -2.15. The van der Waals surface area contributed by atoms with Crippen molar-refractivity contribution in [2.24, 2.45) is 0 Å². The van der Waals surface area contributed by atoms with Crippen LogP contribution in [0, 0.1) is 13.8 Å².